The molecule has 1 amide bonds. The van der Waals surface area contributed by atoms with Crippen molar-refractivity contribution < 1.29 is 14.5 Å². The molecule has 1 aromatic rings. The number of hydrogen-bond acceptors (Lipinski definition) is 2. The minimum absolute atomic E-state index is 0.396. The molecule has 0 saturated heterocycles. The standard InChI is InChI=1S/C11H12N2O2/c1-12(2)7-13-9-6-4-3-5-8(9)10(14)11(13)15/h3-6H,7H2,1-2H3/p+1. The van der Waals surface area contributed by atoms with Crippen LogP contribution >= 0.6 is 0 Å². The van der Waals surface area contributed by atoms with Crippen LogP contribution in [-0.2, 0) is 4.79 Å². The van der Waals surface area contributed by atoms with Gasteiger partial charge in [0.1, 0.15) is 0 Å². The SMILES string of the molecule is C[NH+](C)CN1C(=O)C(=O)c2ccccc21. The van der Waals surface area contributed by atoms with Crippen molar-refractivity contribution in [1.29, 1.82) is 0 Å². The Morgan fingerprint density at radius 3 is 2.53 bits per heavy atom. The van der Waals surface area contributed by atoms with E-state index in [2.05, 4.69) is 0 Å². The number of amides is 1. The third-order valence-corrected chi connectivity index (χ3v) is 2.35. The first-order valence-electron chi connectivity index (χ1n) is 4.85. The average molecular weight is 205 g/mol. The Morgan fingerprint density at radius 2 is 1.87 bits per heavy atom. The van der Waals surface area contributed by atoms with E-state index in [0.717, 1.165) is 10.6 Å². The summed E-state index contributed by atoms with van der Waals surface area (Å²) >= 11 is 0. The van der Waals surface area contributed by atoms with Crippen molar-refractivity contribution in [3.8, 4) is 0 Å². The monoisotopic (exact) mass is 205 g/mol. The largest absolute Gasteiger partial charge is 0.322 e. The molecule has 1 aliphatic rings. The fourth-order valence-corrected chi connectivity index (χ4v) is 1.72. The van der Waals surface area contributed by atoms with Gasteiger partial charge in [-0.15, -0.1) is 0 Å². The zero-order valence-electron chi connectivity index (χ0n) is 8.78. The zero-order valence-corrected chi connectivity index (χ0v) is 8.78. The number of nitrogens with one attached hydrogen (secondary N) is 1. The molecule has 15 heavy (non-hydrogen) atoms. The number of fused-ring (bicyclic) bond motifs is 1. The Kier molecular flexibility index (Phi) is 2.28. The van der Waals surface area contributed by atoms with E-state index < -0.39 is 11.7 Å². The summed E-state index contributed by atoms with van der Waals surface area (Å²) in [5, 5.41) is 0. The summed E-state index contributed by atoms with van der Waals surface area (Å²) < 4.78 is 0. The Morgan fingerprint density at radius 1 is 1.20 bits per heavy atom. The molecule has 1 heterocycles. The highest BCUT2D eigenvalue weighted by Gasteiger charge is 2.36. The highest BCUT2D eigenvalue weighted by atomic mass is 16.2. The van der Waals surface area contributed by atoms with E-state index in [9.17, 15) is 9.59 Å². The number of ketones is 1. The van der Waals surface area contributed by atoms with Crippen molar-refractivity contribution in [2.75, 3.05) is 25.7 Å². The van der Waals surface area contributed by atoms with Crippen molar-refractivity contribution in [1.82, 2.24) is 0 Å². The van der Waals surface area contributed by atoms with E-state index in [0.29, 0.717) is 12.2 Å². The summed E-state index contributed by atoms with van der Waals surface area (Å²) in [5.74, 6) is -0.816. The molecule has 0 aliphatic carbocycles. The molecule has 4 heteroatoms. The molecular formula is C11H13N2O2+. The molecule has 4 nitrogen and oxygen atoms in total. The van der Waals surface area contributed by atoms with Crippen LogP contribution in [0.15, 0.2) is 24.3 Å². The zero-order chi connectivity index (χ0) is 11.0. The van der Waals surface area contributed by atoms with Crippen LogP contribution in [0.4, 0.5) is 5.69 Å². The Balaban J connectivity index is 2.42. The van der Waals surface area contributed by atoms with Gasteiger partial charge in [-0.05, 0) is 12.1 Å². The first kappa shape index (κ1) is 9.86. The Hall–Kier alpha value is -1.68. The predicted molar refractivity (Wildman–Crippen MR) is 55.9 cm³/mol. The molecule has 0 spiro atoms. The van der Waals surface area contributed by atoms with E-state index in [1.54, 1.807) is 18.2 Å². The van der Waals surface area contributed by atoms with Crippen LogP contribution in [-0.4, -0.2) is 32.5 Å². The molecule has 0 saturated carbocycles. The average Bonchev–Trinajstić information content (AvgIpc) is 2.44. The number of anilines is 1. The Bertz CT molecular complexity index is 426. The quantitative estimate of drug-likeness (QED) is 0.650. The number of para-hydroxylation sites is 1. The van der Waals surface area contributed by atoms with Crippen LogP contribution in [0.1, 0.15) is 10.4 Å². The summed E-state index contributed by atoms with van der Waals surface area (Å²) in [7, 11) is 3.89. The molecule has 0 atom stereocenters. The molecular weight excluding hydrogens is 192 g/mol. The fraction of sp³-hybridized carbons (Fsp3) is 0.273. The van der Waals surface area contributed by atoms with Crippen molar-refractivity contribution >= 4 is 17.4 Å². The van der Waals surface area contributed by atoms with Crippen LogP contribution < -0.4 is 9.80 Å². The van der Waals surface area contributed by atoms with Gasteiger partial charge in [-0.1, -0.05) is 12.1 Å². The number of carbonyl (C=O) groups is 2. The second-order valence-corrected chi connectivity index (χ2v) is 3.94. The van der Waals surface area contributed by atoms with Gasteiger partial charge in [0.05, 0.1) is 25.3 Å². The number of Topliss-reactive ketones (excluding diaryl/α,β-unsaturated/α-hetero) is 1. The highest BCUT2D eigenvalue weighted by Crippen LogP contribution is 2.27. The normalized spacial score (nSPS) is 15.0. The van der Waals surface area contributed by atoms with Gasteiger partial charge in [-0.25, -0.2) is 0 Å². The molecule has 1 N–H and O–H groups in total. The maximum atomic E-state index is 11.7. The summed E-state index contributed by atoms with van der Waals surface area (Å²) in [6.45, 7) is 0.515. The summed E-state index contributed by atoms with van der Waals surface area (Å²) in [6, 6.07) is 7.11. The second kappa shape index (κ2) is 3.47. The van der Waals surface area contributed by atoms with Gasteiger partial charge in [0.15, 0.2) is 6.67 Å². The molecule has 0 fully saturated rings. The fourth-order valence-electron chi connectivity index (χ4n) is 1.72. The smallest absolute Gasteiger partial charge is 0.303 e. The molecule has 2 rings (SSSR count). The molecule has 1 aromatic carbocycles. The lowest BCUT2D eigenvalue weighted by Gasteiger charge is -2.18. The number of benzene rings is 1. The third kappa shape index (κ3) is 1.53. The molecule has 0 aromatic heterocycles. The van der Waals surface area contributed by atoms with Crippen molar-refractivity contribution in [2.24, 2.45) is 0 Å². The van der Waals surface area contributed by atoms with Gasteiger partial charge in [0.2, 0.25) is 0 Å². The molecule has 1 aliphatic heterocycles. The molecule has 0 bridgehead atoms. The lowest BCUT2D eigenvalue weighted by atomic mass is 10.1. The maximum Gasteiger partial charge on any atom is 0.303 e. The van der Waals surface area contributed by atoms with E-state index in [4.69, 9.17) is 0 Å². The number of rotatable bonds is 2. The topological polar surface area (TPSA) is 41.8 Å². The third-order valence-electron chi connectivity index (χ3n) is 2.35. The number of quaternary nitrogens is 1. The summed E-state index contributed by atoms with van der Waals surface area (Å²) in [6.07, 6.45) is 0. The van der Waals surface area contributed by atoms with Gasteiger partial charge >= 0.3 is 5.91 Å². The summed E-state index contributed by atoms with van der Waals surface area (Å²) in [5.41, 5.74) is 1.25. The van der Waals surface area contributed by atoms with Gasteiger partial charge in [0, 0.05) is 0 Å². The lowest BCUT2D eigenvalue weighted by Crippen LogP contribution is -3.07. The first-order chi connectivity index (χ1) is 7.11. The van der Waals surface area contributed by atoms with Gasteiger partial charge < -0.3 is 4.90 Å². The van der Waals surface area contributed by atoms with E-state index in [1.807, 2.05) is 20.2 Å². The minimum atomic E-state index is -0.419. The van der Waals surface area contributed by atoms with Crippen LogP contribution in [0.3, 0.4) is 0 Å². The van der Waals surface area contributed by atoms with Crippen LogP contribution in [0.2, 0.25) is 0 Å². The van der Waals surface area contributed by atoms with E-state index >= 15 is 0 Å². The lowest BCUT2D eigenvalue weighted by molar-refractivity contribution is -0.856. The number of carbonyl (C=O) groups excluding carboxylic acids is 2. The van der Waals surface area contributed by atoms with Crippen LogP contribution in [0.5, 0.6) is 0 Å². The maximum absolute atomic E-state index is 11.7. The van der Waals surface area contributed by atoms with E-state index in [-0.39, 0.29) is 0 Å². The second-order valence-electron chi connectivity index (χ2n) is 3.94. The molecule has 78 valence electrons. The van der Waals surface area contributed by atoms with E-state index in [1.165, 1.54) is 4.90 Å². The molecule has 0 radical (unpaired) electrons. The van der Waals surface area contributed by atoms with Crippen LogP contribution in [0, 0.1) is 0 Å². The minimum Gasteiger partial charge on any atom is -0.322 e. The van der Waals surface area contributed by atoms with Gasteiger partial charge in [0.25, 0.3) is 5.78 Å². The van der Waals surface area contributed by atoms with Crippen molar-refractivity contribution in [3.05, 3.63) is 29.8 Å². The van der Waals surface area contributed by atoms with Gasteiger partial charge in [-0.2, -0.15) is 0 Å². The number of hydrogen-bond donors (Lipinski definition) is 1. The molecule has 0 unspecified atom stereocenters. The Labute approximate surface area is 88.1 Å². The predicted octanol–water partition coefficient (Wildman–Crippen LogP) is -0.682. The number of nitrogens with zero attached hydrogens (tertiary/aromatic N) is 1. The van der Waals surface area contributed by atoms with Crippen molar-refractivity contribution in [2.45, 2.75) is 0 Å². The van der Waals surface area contributed by atoms with Gasteiger partial charge in [-0.3, -0.25) is 14.5 Å². The first-order valence-corrected chi connectivity index (χ1v) is 4.85. The summed E-state index contributed by atoms with van der Waals surface area (Å²) in [4.78, 5) is 25.9. The van der Waals surface area contributed by atoms with Crippen LogP contribution in [0.25, 0.3) is 0 Å². The van der Waals surface area contributed by atoms with Crippen molar-refractivity contribution in [3.63, 3.8) is 0 Å². The highest BCUT2D eigenvalue weighted by molar-refractivity contribution is 6.52.